The van der Waals surface area contributed by atoms with Gasteiger partial charge in [0.25, 0.3) is 0 Å². The van der Waals surface area contributed by atoms with Gasteiger partial charge >= 0.3 is 0 Å². The molecular formula is C16H22N2O. The Morgan fingerprint density at radius 3 is 2.95 bits per heavy atom. The van der Waals surface area contributed by atoms with Gasteiger partial charge < -0.3 is 10.6 Å². The first-order valence-electron chi connectivity index (χ1n) is 7.37. The Morgan fingerprint density at radius 1 is 1.32 bits per heavy atom. The maximum atomic E-state index is 12.3. The topological polar surface area (TPSA) is 41.1 Å². The van der Waals surface area contributed by atoms with Gasteiger partial charge in [-0.1, -0.05) is 38.0 Å². The van der Waals surface area contributed by atoms with E-state index in [1.54, 1.807) is 0 Å². The molecule has 1 amide bonds. The van der Waals surface area contributed by atoms with E-state index < -0.39 is 0 Å². The minimum atomic E-state index is -0.0883. The lowest BCUT2D eigenvalue weighted by Gasteiger charge is -2.28. The molecule has 0 radical (unpaired) electrons. The van der Waals surface area contributed by atoms with E-state index in [2.05, 4.69) is 23.6 Å². The molecule has 1 aromatic carbocycles. The third-order valence-electron chi connectivity index (χ3n) is 4.37. The molecule has 0 aromatic heterocycles. The number of carbonyl (C=O) groups is 1. The molecule has 2 unspecified atom stereocenters. The fraction of sp³-hybridized carbons (Fsp3) is 0.562. The zero-order valence-corrected chi connectivity index (χ0v) is 11.5. The van der Waals surface area contributed by atoms with Crippen LogP contribution in [0, 0.1) is 5.92 Å². The monoisotopic (exact) mass is 258 g/mol. The van der Waals surface area contributed by atoms with Crippen molar-refractivity contribution in [2.75, 3.05) is 5.32 Å². The fourth-order valence-corrected chi connectivity index (χ4v) is 3.32. The molecule has 1 aliphatic carbocycles. The van der Waals surface area contributed by atoms with Crippen molar-refractivity contribution in [3.63, 3.8) is 0 Å². The summed E-state index contributed by atoms with van der Waals surface area (Å²) in [6.07, 6.45) is 5.62. The maximum absolute atomic E-state index is 12.3. The molecule has 1 aliphatic heterocycles. The first kappa shape index (κ1) is 12.5. The summed E-state index contributed by atoms with van der Waals surface area (Å²) in [6, 6.07) is 8.47. The largest absolute Gasteiger partial charge is 0.373 e. The van der Waals surface area contributed by atoms with Gasteiger partial charge in [0, 0.05) is 18.2 Å². The van der Waals surface area contributed by atoms with Crippen LogP contribution in [0.1, 0.15) is 38.2 Å². The number of amides is 1. The van der Waals surface area contributed by atoms with Crippen molar-refractivity contribution in [2.45, 2.75) is 51.1 Å². The van der Waals surface area contributed by atoms with E-state index in [4.69, 9.17) is 0 Å². The number of fused-ring (bicyclic) bond motifs is 1. The van der Waals surface area contributed by atoms with Gasteiger partial charge in [-0.05, 0) is 30.4 Å². The van der Waals surface area contributed by atoms with Gasteiger partial charge in [-0.25, -0.2) is 0 Å². The maximum Gasteiger partial charge on any atom is 0.243 e. The molecule has 1 aromatic rings. The van der Waals surface area contributed by atoms with Crippen molar-refractivity contribution in [2.24, 2.45) is 5.92 Å². The van der Waals surface area contributed by atoms with Crippen molar-refractivity contribution >= 4 is 11.6 Å². The molecule has 1 fully saturated rings. The lowest BCUT2D eigenvalue weighted by atomic mass is 9.87. The minimum absolute atomic E-state index is 0.0883. The van der Waals surface area contributed by atoms with Crippen LogP contribution >= 0.6 is 0 Å². The fourth-order valence-electron chi connectivity index (χ4n) is 3.32. The number of rotatable bonds is 2. The lowest BCUT2D eigenvalue weighted by molar-refractivity contribution is -0.122. The molecule has 0 bridgehead atoms. The summed E-state index contributed by atoms with van der Waals surface area (Å²) in [5, 5.41) is 6.55. The standard InChI is InChI=1S/C16H22N2O/c1-11-5-4-7-13(9-11)17-16(19)15-10-12-6-2-3-8-14(12)18-15/h2-3,6,8,11,13,15,18H,4-5,7,9-10H2,1H3,(H,17,19)/t11?,13?,15-/m0/s1. The molecule has 1 saturated carbocycles. The van der Waals surface area contributed by atoms with Gasteiger partial charge in [0.1, 0.15) is 6.04 Å². The Balaban J connectivity index is 1.58. The van der Waals surface area contributed by atoms with E-state index in [9.17, 15) is 4.79 Å². The van der Waals surface area contributed by atoms with Crippen LogP contribution in [0.15, 0.2) is 24.3 Å². The Bertz CT molecular complexity index is 447. The number of para-hydroxylation sites is 1. The second kappa shape index (κ2) is 5.24. The van der Waals surface area contributed by atoms with Crippen molar-refractivity contribution in [3.05, 3.63) is 29.8 Å². The predicted octanol–water partition coefficient (Wildman–Crippen LogP) is 2.72. The van der Waals surface area contributed by atoms with Gasteiger partial charge in [0.05, 0.1) is 0 Å². The molecule has 3 heteroatoms. The summed E-state index contributed by atoms with van der Waals surface area (Å²) in [5.41, 5.74) is 2.36. The van der Waals surface area contributed by atoms with Gasteiger partial charge in [-0.15, -0.1) is 0 Å². The minimum Gasteiger partial charge on any atom is -0.373 e. The summed E-state index contributed by atoms with van der Waals surface area (Å²) in [5.74, 6) is 0.906. The smallest absolute Gasteiger partial charge is 0.243 e. The molecule has 3 rings (SSSR count). The van der Waals surface area contributed by atoms with Crippen molar-refractivity contribution in [1.82, 2.24) is 5.32 Å². The number of nitrogens with one attached hydrogen (secondary N) is 2. The summed E-state index contributed by atoms with van der Waals surface area (Å²) < 4.78 is 0. The molecule has 0 spiro atoms. The van der Waals surface area contributed by atoms with Crippen molar-refractivity contribution in [3.8, 4) is 0 Å². The number of anilines is 1. The van der Waals surface area contributed by atoms with E-state index in [-0.39, 0.29) is 11.9 Å². The highest BCUT2D eigenvalue weighted by atomic mass is 16.2. The van der Waals surface area contributed by atoms with Gasteiger partial charge in [0.2, 0.25) is 5.91 Å². The number of carbonyl (C=O) groups excluding carboxylic acids is 1. The zero-order valence-electron chi connectivity index (χ0n) is 11.5. The van der Waals surface area contributed by atoms with E-state index in [0.717, 1.165) is 30.9 Å². The number of hydrogen-bond donors (Lipinski definition) is 2. The second-order valence-electron chi connectivity index (χ2n) is 6.04. The second-order valence-corrected chi connectivity index (χ2v) is 6.04. The summed E-state index contributed by atoms with van der Waals surface area (Å²) in [7, 11) is 0. The van der Waals surface area contributed by atoms with E-state index in [1.165, 1.54) is 18.4 Å². The number of hydrogen-bond acceptors (Lipinski definition) is 2. The molecule has 102 valence electrons. The first-order valence-corrected chi connectivity index (χ1v) is 7.37. The Morgan fingerprint density at radius 2 is 2.16 bits per heavy atom. The van der Waals surface area contributed by atoms with Crippen LogP contribution in [0.2, 0.25) is 0 Å². The summed E-state index contributed by atoms with van der Waals surface area (Å²) in [4.78, 5) is 12.3. The molecule has 2 aliphatic rings. The van der Waals surface area contributed by atoms with Crippen LogP contribution < -0.4 is 10.6 Å². The zero-order chi connectivity index (χ0) is 13.2. The average Bonchev–Trinajstić information content (AvgIpc) is 2.82. The third kappa shape index (κ3) is 2.75. The quantitative estimate of drug-likeness (QED) is 0.856. The third-order valence-corrected chi connectivity index (χ3v) is 4.37. The molecule has 19 heavy (non-hydrogen) atoms. The van der Waals surface area contributed by atoms with Crippen LogP contribution in [0.3, 0.4) is 0 Å². The molecular weight excluding hydrogens is 236 g/mol. The van der Waals surface area contributed by atoms with Gasteiger partial charge in [-0.3, -0.25) is 4.79 Å². The highest BCUT2D eigenvalue weighted by Gasteiger charge is 2.28. The van der Waals surface area contributed by atoms with E-state index >= 15 is 0 Å². The Labute approximate surface area is 114 Å². The molecule has 1 heterocycles. The Hall–Kier alpha value is -1.51. The van der Waals surface area contributed by atoms with Crippen molar-refractivity contribution in [1.29, 1.82) is 0 Å². The van der Waals surface area contributed by atoms with Gasteiger partial charge in [0.15, 0.2) is 0 Å². The first-order chi connectivity index (χ1) is 9.22. The van der Waals surface area contributed by atoms with Crippen LogP contribution in [0.4, 0.5) is 5.69 Å². The normalized spacial score (nSPS) is 29.4. The Kier molecular flexibility index (Phi) is 3.45. The van der Waals surface area contributed by atoms with Gasteiger partial charge in [-0.2, -0.15) is 0 Å². The van der Waals surface area contributed by atoms with Crippen LogP contribution in [-0.4, -0.2) is 18.0 Å². The molecule has 3 nitrogen and oxygen atoms in total. The SMILES string of the molecule is CC1CCCC(NC(=O)[C@@H]2Cc3ccccc3N2)C1. The summed E-state index contributed by atoms with van der Waals surface area (Å²) in [6.45, 7) is 2.28. The van der Waals surface area contributed by atoms with E-state index in [0.29, 0.717) is 6.04 Å². The predicted molar refractivity (Wildman–Crippen MR) is 77.1 cm³/mol. The number of benzene rings is 1. The highest BCUT2D eigenvalue weighted by Crippen LogP contribution is 2.26. The summed E-state index contributed by atoms with van der Waals surface area (Å²) >= 11 is 0. The molecule has 3 atom stereocenters. The molecule has 0 saturated heterocycles. The van der Waals surface area contributed by atoms with Crippen LogP contribution in [-0.2, 0) is 11.2 Å². The lowest BCUT2D eigenvalue weighted by Crippen LogP contribution is -2.45. The van der Waals surface area contributed by atoms with E-state index in [1.807, 2.05) is 18.2 Å². The van der Waals surface area contributed by atoms with Crippen molar-refractivity contribution < 1.29 is 4.79 Å². The average molecular weight is 258 g/mol. The van der Waals surface area contributed by atoms with Crippen LogP contribution in [0.5, 0.6) is 0 Å². The highest BCUT2D eigenvalue weighted by molar-refractivity contribution is 5.87. The molecule has 2 N–H and O–H groups in total. The van der Waals surface area contributed by atoms with Crippen LogP contribution in [0.25, 0.3) is 0 Å².